The molecule has 5 heteroatoms. The highest BCUT2D eigenvalue weighted by molar-refractivity contribution is 5.96. The fourth-order valence-corrected chi connectivity index (χ4v) is 3.27. The van der Waals surface area contributed by atoms with E-state index in [4.69, 9.17) is 0 Å². The average Bonchev–Trinajstić information content (AvgIpc) is 3.25. The van der Waals surface area contributed by atoms with Crippen LogP contribution in [0.25, 0.3) is 6.08 Å². The largest absolute Gasteiger partial charge is 0.337 e. The van der Waals surface area contributed by atoms with Gasteiger partial charge in [-0.3, -0.25) is 9.69 Å². The second kappa shape index (κ2) is 5.67. The van der Waals surface area contributed by atoms with Crippen LogP contribution >= 0.6 is 0 Å². The molecule has 1 N–H and O–H groups in total. The third-order valence-electron chi connectivity index (χ3n) is 4.50. The predicted molar refractivity (Wildman–Crippen MR) is 92.6 cm³/mol. The number of nitrogens with zero attached hydrogens (tertiary/aromatic N) is 2. The number of amides is 1. The van der Waals surface area contributed by atoms with Gasteiger partial charge in [0.1, 0.15) is 17.3 Å². The van der Waals surface area contributed by atoms with Crippen LogP contribution < -0.4 is 4.90 Å². The summed E-state index contributed by atoms with van der Waals surface area (Å²) in [7, 11) is 0. The van der Waals surface area contributed by atoms with Crippen LogP contribution in [0.2, 0.25) is 0 Å². The summed E-state index contributed by atoms with van der Waals surface area (Å²) in [4.78, 5) is 19.6. The lowest BCUT2D eigenvalue weighted by molar-refractivity contribution is 0.0788. The van der Waals surface area contributed by atoms with E-state index in [1.165, 1.54) is 12.1 Å². The van der Waals surface area contributed by atoms with E-state index in [1.54, 1.807) is 12.1 Å². The highest BCUT2D eigenvalue weighted by Gasteiger charge is 2.26. The van der Waals surface area contributed by atoms with Crippen LogP contribution in [-0.4, -0.2) is 28.9 Å². The Morgan fingerprint density at radius 1 is 1.12 bits per heavy atom. The molecule has 2 aliphatic heterocycles. The molecule has 122 valence electrons. The minimum absolute atomic E-state index is 0.0277. The number of nitrogens with one attached hydrogen (secondary N) is 1. The molecule has 0 spiro atoms. The number of aromatic nitrogens is 1. The number of hydrogen-bond acceptors (Lipinski definition) is 2. The number of H-pyrrole nitrogens is 1. The Balaban J connectivity index is 1.72. The van der Waals surface area contributed by atoms with E-state index in [9.17, 15) is 9.18 Å². The predicted octanol–water partition coefficient (Wildman–Crippen LogP) is 4.07. The van der Waals surface area contributed by atoms with Crippen molar-refractivity contribution in [1.29, 1.82) is 0 Å². The second-order valence-corrected chi connectivity index (χ2v) is 6.12. The van der Waals surface area contributed by atoms with E-state index in [-0.39, 0.29) is 11.7 Å². The Bertz CT molecular complexity index is 829. The maximum absolute atomic E-state index is 13.2. The van der Waals surface area contributed by atoms with Gasteiger partial charge in [-0.05, 0) is 55.3 Å². The quantitative estimate of drug-likeness (QED) is 0.905. The first-order chi connectivity index (χ1) is 11.6. The molecule has 4 rings (SSSR count). The summed E-state index contributed by atoms with van der Waals surface area (Å²) in [6, 6.07) is 8.10. The van der Waals surface area contributed by atoms with Crippen LogP contribution in [0, 0.1) is 5.82 Å². The highest BCUT2D eigenvalue weighted by atomic mass is 19.1. The van der Waals surface area contributed by atoms with E-state index >= 15 is 0 Å². The summed E-state index contributed by atoms with van der Waals surface area (Å²) in [6.07, 6.45) is 5.95. The molecule has 0 atom stereocenters. The zero-order valence-electron chi connectivity index (χ0n) is 13.3. The Labute approximate surface area is 139 Å². The van der Waals surface area contributed by atoms with Crippen molar-refractivity contribution in [2.45, 2.75) is 12.8 Å². The van der Waals surface area contributed by atoms with E-state index in [2.05, 4.69) is 11.6 Å². The monoisotopic (exact) mass is 323 g/mol. The third kappa shape index (κ3) is 2.42. The molecule has 4 nitrogen and oxygen atoms in total. The van der Waals surface area contributed by atoms with Gasteiger partial charge < -0.3 is 9.88 Å². The number of anilines is 2. The Hall–Kier alpha value is -2.82. The van der Waals surface area contributed by atoms with E-state index in [1.807, 2.05) is 28.0 Å². The molecule has 0 unspecified atom stereocenters. The standard InChI is InChI=1S/C19H18FN3O/c1-13-4-5-14-12-17(19(24)22-10-2-3-11-22)21-18(14)23(13)16-8-6-15(20)7-9-16/h4-9,12,21H,1-3,10-11H2. The lowest BCUT2D eigenvalue weighted by atomic mass is 10.1. The molecule has 2 aromatic rings. The number of benzene rings is 1. The van der Waals surface area contributed by atoms with Crippen molar-refractivity contribution in [2.75, 3.05) is 18.0 Å². The van der Waals surface area contributed by atoms with Crippen molar-refractivity contribution in [2.24, 2.45) is 0 Å². The number of hydrogen-bond donors (Lipinski definition) is 1. The molecular formula is C19H18FN3O. The number of rotatable bonds is 2. The van der Waals surface area contributed by atoms with E-state index in [0.29, 0.717) is 5.69 Å². The van der Waals surface area contributed by atoms with Crippen molar-refractivity contribution in [3.63, 3.8) is 0 Å². The van der Waals surface area contributed by atoms with Gasteiger partial charge in [0.15, 0.2) is 0 Å². The first-order valence-electron chi connectivity index (χ1n) is 8.08. The van der Waals surface area contributed by atoms with Crippen molar-refractivity contribution in [3.8, 4) is 0 Å². The molecule has 1 amide bonds. The first kappa shape index (κ1) is 14.8. The number of carbonyl (C=O) groups is 1. The number of aromatic amines is 1. The van der Waals surface area contributed by atoms with E-state index in [0.717, 1.165) is 48.7 Å². The van der Waals surface area contributed by atoms with Crippen molar-refractivity contribution >= 4 is 23.5 Å². The molecule has 0 aliphatic carbocycles. The number of carbonyl (C=O) groups excluding carboxylic acids is 1. The number of fused-ring (bicyclic) bond motifs is 1. The van der Waals surface area contributed by atoms with Crippen molar-refractivity contribution < 1.29 is 9.18 Å². The lowest BCUT2D eigenvalue weighted by Crippen LogP contribution is -2.28. The third-order valence-corrected chi connectivity index (χ3v) is 4.50. The van der Waals surface area contributed by atoms with Crippen LogP contribution in [0.5, 0.6) is 0 Å². The molecule has 3 heterocycles. The molecular weight excluding hydrogens is 305 g/mol. The van der Waals surface area contributed by atoms with Gasteiger partial charge in [-0.1, -0.05) is 6.58 Å². The van der Waals surface area contributed by atoms with Gasteiger partial charge in [0.05, 0.1) is 0 Å². The molecule has 0 saturated carbocycles. The topological polar surface area (TPSA) is 39.3 Å². The van der Waals surface area contributed by atoms with Gasteiger partial charge in [0, 0.05) is 30.0 Å². The Morgan fingerprint density at radius 3 is 2.54 bits per heavy atom. The van der Waals surface area contributed by atoms with Gasteiger partial charge in [-0.2, -0.15) is 0 Å². The summed E-state index contributed by atoms with van der Waals surface area (Å²) < 4.78 is 13.2. The molecule has 1 aromatic carbocycles. The number of halogens is 1. The smallest absolute Gasteiger partial charge is 0.270 e. The summed E-state index contributed by atoms with van der Waals surface area (Å²) in [6.45, 7) is 5.68. The van der Waals surface area contributed by atoms with Crippen molar-refractivity contribution in [3.05, 3.63) is 65.8 Å². The zero-order chi connectivity index (χ0) is 16.7. The molecule has 24 heavy (non-hydrogen) atoms. The van der Waals surface area contributed by atoms with Gasteiger partial charge in [0.25, 0.3) is 5.91 Å². The SMILES string of the molecule is C=C1C=Cc2cc(C(=O)N3CCCC3)[nH]c2N1c1ccc(F)cc1. The maximum atomic E-state index is 13.2. The zero-order valence-corrected chi connectivity index (χ0v) is 13.3. The molecule has 0 bridgehead atoms. The van der Waals surface area contributed by atoms with Crippen LogP contribution in [0.15, 0.2) is 48.7 Å². The Morgan fingerprint density at radius 2 is 1.83 bits per heavy atom. The second-order valence-electron chi connectivity index (χ2n) is 6.12. The average molecular weight is 323 g/mol. The number of likely N-dealkylation sites (tertiary alicyclic amines) is 1. The summed E-state index contributed by atoms with van der Waals surface area (Å²) in [5, 5.41) is 0. The summed E-state index contributed by atoms with van der Waals surface area (Å²) in [5.41, 5.74) is 3.06. The lowest BCUT2D eigenvalue weighted by Gasteiger charge is -2.27. The van der Waals surface area contributed by atoms with Gasteiger partial charge >= 0.3 is 0 Å². The molecule has 0 radical (unpaired) electrons. The van der Waals surface area contributed by atoms with Crippen LogP contribution in [0.4, 0.5) is 15.9 Å². The molecule has 1 aromatic heterocycles. The maximum Gasteiger partial charge on any atom is 0.270 e. The molecule has 2 aliphatic rings. The van der Waals surface area contributed by atoms with E-state index < -0.39 is 0 Å². The van der Waals surface area contributed by atoms with Crippen LogP contribution in [0.1, 0.15) is 28.9 Å². The number of allylic oxidation sites excluding steroid dienone is 1. The van der Waals surface area contributed by atoms with Crippen LogP contribution in [-0.2, 0) is 0 Å². The summed E-state index contributed by atoms with van der Waals surface area (Å²) in [5.74, 6) is 0.533. The Kier molecular flexibility index (Phi) is 3.49. The fourth-order valence-electron chi connectivity index (χ4n) is 3.27. The normalized spacial score (nSPS) is 16.6. The highest BCUT2D eigenvalue weighted by Crippen LogP contribution is 2.36. The van der Waals surface area contributed by atoms with Crippen molar-refractivity contribution in [1.82, 2.24) is 9.88 Å². The van der Waals surface area contributed by atoms with Gasteiger partial charge in [0.2, 0.25) is 0 Å². The minimum Gasteiger partial charge on any atom is -0.337 e. The summed E-state index contributed by atoms with van der Waals surface area (Å²) >= 11 is 0. The fraction of sp³-hybridized carbons (Fsp3) is 0.211. The minimum atomic E-state index is -0.284. The molecule has 1 saturated heterocycles. The molecule has 1 fully saturated rings. The van der Waals surface area contributed by atoms with Gasteiger partial charge in [-0.25, -0.2) is 4.39 Å². The van der Waals surface area contributed by atoms with Crippen LogP contribution in [0.3, 0.4) is 0 Å². The van der Waals surface area contributed by atoms with Gasteiger partial charge in [-0.15, -0.1) is 0 Å². The first-order valence-corrected chi connectivity index (χ1v) is 8.08.